The van der Waals surface area contributed by atoms with Crippen LogP contribution in [-0.4, -0.2) is 13.7 Å². The molecule has 370 valence electrons. The number of hydrogen-bond donors (Lipinski definition) is 0. The minimum atomic E-state index is -0.113. The molecule has 0 amide bonds. The van der Waals surface area contributed by atoms with E-state index in [1.807, 2.05) is 6.07 Å². The van der Waals surface area contributed by atoms with Crippen LogP contribution in [0.2, 0.25) is 0 Å². The van der Waals surface area contributed by atoms with Gasteiger partial charge in [0.15, 0.2) is 0 Å². The summed E-state index contributed by atoms with van der Waals surface area (Å²) in [4.78, 5) is 0. The molecule has 5 nitrogen and oxygen atoms in total. The van der Waals surface area contributed by atoms with E-state index in [-0.39, 0.29) is 32.5 Å². The molecular formula is C68H73N5. The lowest BCUT2D eigenvalue weighted by Gasteiger charge is -2.24. The molecule has 0 saturated heterocycles. The van der Waals surface area contributed by atoms with Crippen molar-refractivity contribution in [1.29, 1.82) is 10.5 Å². The van der Waals surface area contributed by atoms with Gasteiger partial charge in [-0.25, -0.2) is 0 Å². The third-order valence-electron chi connectivity index (χ3n) is 15.7. The first kappa shape index (κ1) is 49.5. The number of fused-ring (bicyclic) bond motifs is 9. The largest absolute Gasteiger partial charge is 0.308 e. The third-order valence-corrected chi connectivity index (χ3v) is 15.7. The molecule has 0 spiro atoms. The van der Waals surface area contributed by atoms with Gasteiger partial charge < -0.3 is 13.7 Å². The Morgan fingerprint density at radius 3 is 0.740 bits per heavy atom. The van der Waals surface area contributed by atoms with Gasteiger partial charge in [0.2, 0.25) is 0 Å². The normalized spacial score (nSPS) is 13.3. The van der Waals surface area contributed by atoms with Crippen molar-refractivity contribution in [3.63, 3.8) is 0 Å². The second-order valence-electron chi connectivity index (χ2n) is 27.1. The van der Waals surface area contributed by atoms with Gasteiger partial charge in [0.1, 0.15) is 17.7 Å². The summed E-state index contributed by atoms with van der Waals surface area (Å²) in [5.41, 5.74) is 15.7. The number of nitrogens with zero attached hydrogens (tertiary/aromatic N) is 5. The maximum absolute atomic E-state index is 12.3. The fourth-order valence-corrected chi connectivity index (χ4v) is 11.1. The highest BCUT2D eigenvalue weighted by molar-refractivity contribution is 6.14. The Bertz CT molecular complexity index is 3810. The second kappa shape index (κ2) is 16.2. The Balaban J connectivity index is 1.46. The van der Waals surface area contributed by atoms with E-state index in [1.54, 1.807) is 0 Å². The van der Waals surface area contributed by atoms with Crippen molar-refractivity contribution >= 4 is 65.4 Å². The zero-order valence-electron chi connectivity index (χ0n) is 46.7. The van der Waals surface area contributed by atoms with Crippen molar-refractivity contribution in [2.24, 2.45) is 0 Å². The van der Waals surface area contributed by atoms with E-state index >= 15 is 0 Å². The molecule has 7 aromatic carbocycles. The van der Waals surface area contributed by atoms with Crippen LogP contribution in [0.3, 0.4) is 0 Å². The predicted octanol–water partition coefficient (Wildman–Crippen LogP) is 18.5. The summed E-state index contributed by atoms with van der Waals surface area (Å²) in [6, 6.07) is 48.6. The summed E-state index contributed by atoms with van der Waals surface area (Å²) in [6.07, 6.45) is 0. The smallest absolute Gasteiger partial charge is 0.104 e. The third kappa shape index (κ3) is 8.03. The van der Waals surface area contributed by atoms with Crippen molar-refractivity contribution in [3.8, 4) is 29.2 Å². The highest BCUT2D eigenvalue weighted by atomic mass is 15.1. The molecule has 73 heavy (non-hydrogen) atoms. The van der Waals surface area contributed by atoms with E-state index in [2.05, 4.69) is 260 Å². The van der Waals surface area contributed by atoms with Crippen LogP contribution < -0.4 is 0 Å². The fraction of sp³-hybridized carbons (Fsp3) is 0.353. The molecule has 3 heterocycles. The zero-order valence-corrected chi connectivity index (χ0v) is 46.7. The predicted molar refractivity (Wildman–Crippen MR) is 311 cm³/mol. The molecule has 3 aromatic heterocycles. The maximum Gasteiger partial charge on any atom is 0.104 e. The van der Waals surface area contributed by atoms with Gasteiger partial charge in [-0.2, -0.15) is 10.5 Å². The van der Waals surface area contributed by atoms with Crippen molar-refractivity contribution < 1.29 is 0 Å². The molecule has 10 aromatic rings. The monoisotopic (exact) mass is 960 g/mol. The van der Waals surface area contributed by atoms with Gasteiger partial charge in [-0.3, -0.25) is 0 Å². The van der Waals surface area contributed by atoms with Gasteiger partial charge in [-0.15, -0.1) is 0 Å². The number of rotatable bonds is 3. The molecule has 0 N–H and O–H groups in total. The van der Waals surface area contributed by atoms with Gasteiger partial charge in [-0.05, 0) is 145 Å². The van der Waals surface area contributed by atoms with Crippen LogP contribution in [0.25, 0.3) is 82.5 Å². The summed E-state index contributed by atoms with van der Waals surface area (Å²) in [5, 5.41) is 30.9. The van der Waals surface area contributed by atoms with E-state index in [9.17, 15) is 10.5 Å². The van der Waals surface area contributed by atoms with Crippen molar-refractivity contribution in [1.82, 2.24) is 13.7 Å². The van der Waals surface area contributed by atoms with Gasteiger partial charge in [0, 0.05) is 32.3 Å². The Hall–Kier alpha value is -7.08. The molecule has 0 fully saturated rings. The SMILES string of the molecule is CC(C)(C)c1ccc2c(c1)c1cc(C(C)(C)C)ccc1n2-c1cc(C#N)c(-n2c3ccc(C(C)(C)C)cc3c3cc(C(C)(C)C)ccc32)c(-n2c3ccc(C(C)(C)C)cc3c3cc(C(C)(C)C)ccc32)c1C#N. The van der Waals surface area contributed by atoms with Gasteiger partial charge >= 0.3 is 0 Å². The average Bonchev–Trinajstić information content (AvgIpc) is 3.93. The first-order valence-electron chi connectivity index (χ1n) is 26.2. The fourth-order valence-electron chi connectivity index (χ4n) is 11.1. The first-order valence-corrected chi connectivity index (χ1v) is 26.2. The summed E-state index contributed by atoms with van der Waals surface area (Å²) in [6.45, 7) is 40.7. The minimum absolute atomic E-state index is 0.0926. The van der Waals surface area contributed by atoms with Crippen LogP contribution in [0.15, 0.2) is 115 Å². The summed E-state index contributed by atoms with van der Waals surface area (Å²) in [7, 11) is 0. The van der Waals surface area contributed by atoms with Crippen LogP contribution >= 0.6 is 0 Å². The van der Waals surface area contributed by atoms with Gasteiger partial charge in [0.05, 0.1) is 55.7 Å². The number of benzene rings is 7. The molecule has 10 rings (SSSR count). The Morgan fingerprint density at radius 2 is 0.521 bits per heavy atom. The molecule has 5 heteroatoms. The zero-order chi connectivity index (χ0) is 52.9. The van der Waals surface area contributed by atoms with E-state index < -0.39 is 0 Å². The quantitative estimate of drug-likeness (QED) is 0.177. The molecule has 0 saturated carbocycles. The van der Waals surface area contributed by atoms with E-state index in [1.165, 1.54) is 33.4 Å². The maximum atomic E-state index is 12.3. The standard InChI is InChI=1S/C68H73N5/c1-63(2,3)41-19-25-54-47(32-41)48-33-42(64(4,5)6)20-26-55(48)71(54)60-31-40(38-69)61(72-56-27-21-43(65(7,8)9)34-49(56)50-35-44(66(10,11)12)22-28-57(50)72)62(53(60)39-70)73-58-29-23-45(67(13,14)15)36-51(58)52-37-46(68(16,17)18)24-30-59(52)73/h19-37H,1-18H3. The van der Waals surface area contributed by atoms with Gasteiger partial charge in [0.25, 0.3) is 0 Å². The van der Waals surface area contributed by atoms with Crippen molar-refractivity contribution in [2.75, 3.05) is 0 Å². The molecule has 0 bridgehead atoms. The topological polar surface area (TPSA) is 62.4 Å². The minimum Gasteiger partial charge on any atom is -0.308 e. The molecule has 0 aliphatic carbocycles. The van der Waals surface area contributed by atoms with E-state index in [0.717, 1.165) is 65.4 Å². The van der Waals surface area contributed by atoms with E-state index in [4.69, 9.17) is 0 Å². The second-order valence-corrected chi connectivity index (χ2v) is 27.1. The average molecular weight is 960 g/mol. The Kier molecular flexibility index (Phi) is 11.0. The van der Waals surface area contributed by atoms with Crippen LogP contribution in [0.5, 0.6) is 0 Å². The lowest BCUT2D eigenvalue weighted by Crippen LogP contribution is -2.13. The van der Waals surface area contributed by atoms with Crippen molar-refractivity contribution in [3.05, 3.63) is 160 Å². The lowest BCUT2D eigenvalue weighted by atomic mass is 9.85. The van der Waals surface area contributed by atoms with Crippen LogP contribution in [0.1, 0.15) is 169 Å². The summed E-state index contributed by atoms with van der Waals surface area (Å²) >= 11 is 0. The van der Waals surface area contributed by atoms with Crippen LogP contribution in [0, 0.1) is 22.7 Å². The van der Waals surface area contributed by atoms with Crippen LogP contribution in [-0.2, 0) is 32.5 Å². The molecule has 0 aliphatic heterocycles. The molecule has 0 radical (unpaired) electrons. The summed E-state index contributed by atoms with van der Waals surface area (Å²) < 4.78 is 6.87. The summed E-state index contributed by atoms with van der Waals surface area (Å²) in [5.74, 6) is 0. The van der Waals surface area contributed by atoms with E-state index in [0.29, 0.717) is 28.2 Å². The highest BCUT2D eigenvalue weighted by Gasteiger charge is 2.32. The number of nitriles is 2. The van der Waals surface area contributed by atoms with Crippen molar-refractivity contribution in [2.45, 2.75) is 157 Å². The molecular weight excluding hydrogens is 887 g/mol. The Morgan fingerprint density at radius 1 is 0.288 bits per heavy atom. The highest BCUT2D eigenvalue weighted by Crippen LogP contribution is 2.47. The molecule has 0 aliphatic rings. The first-order chi connectivity index (χ1) is 33.9. The van der Waals surface area contributed by atoms with Crippen LogP contribution in [0.4, 0.5) is 0 Å². The number of aromatic nitrogens is 3. The van der Waals surface area contributed by atoms with Gasteiger partial charge in [-0.1, -0.05) is 161 Å². The number of hydrogen-bond acceptors (Lipinski definition) is 2. The lowest BCUT2D eigenvalue weighted by molar-refractivity contribution is 0.590. The molecule has 0 unspecified atom stereocenters. The Labute approximate surface area is 433 Å². The molecule has 0 atom stereocenters.